The number of halogens is 1. The molecule has 6 nitrogen and oxygen atoms in total. The van der Waals surface area contributed by atoms with Gasteiger partial charge in [-0.05, 0) is 18.2 Å². The molecule has 20 heavy (non-hydrogen) atoms. The number of rotatable bonds is 2. The van der Waals surface area contributed by atoms with Crippen LogP contribution in [0.3, 0.4) is 0 Å². The number of nitrogens with zero attached hydrogens (tertiary/aromatic N) is 4. The molecule has 1 aromatic carbocycles. The number of hydrogen-bond donors (Lipinski definition) is 2. The number of benzene rings is 1. The van der Waals surface area contributed by atoms with Crippen LogP contribution < -0.4 is 5.73 Å². The summed E-state index contributed by atoms with van der Waals surface area (Å²) < 4.78 is 1.72. The van der Waals surface area contributed by atoms with E-state index in [9.17, 15) is 0 Å². The molecule has 2 aromatic heterocycles. The van der Waals surface area contributed by atoms with Crippen molar-refractivity contribution in [2.75, 3.05) is 0 Å². The van der Waals surface area contributed by atoms with Crippen LogP contribution in [0.15, 0.2) is 30.7 Å². The van der Waals surface area contributed by atoms with Gasteiger partial charge in [-0.3, -0.25) is 10.1 Å². The highest BCUT2D eigenvalue weighted by molar-refractivity contribution is 6.35. The Balaban J connectivity index is 2.19. The Bertz CT molecular complexity index is 823. The summed E-state index contributed by atoms with van der Waals surface area (Å²) in [6.07, 6.45) is 3.13. The fourth-order valence-corrected chi connectivity index (χ4v) is 2.43. The molecule has 0 saturated heterocycles. The zero-order valence-corrected chi connectivity index (χ0v) is 11.4. The van der Waals surface area contributed by atoms with Crippen molar-refractivity contribution in [2.45, 2.75) is 0 Å². The van der Waals surface area contributed by atoms with Crippen molar-refractivity contribution >= 4 is 28.3 Å². The second-order valence-electron chi connectivity index (χ2n) is 4.37. The van der Waals surface area contributed by atoms with E-state index < -0.39 is 0 Å². The molecule has 0 aliphatic heterocycles. The molecule has 100 valence electrons. The molecule has 0 aliphatic rings. The number of amidine groups is 1. The Morgan fingerprint density at radius 1 is 1.30 bits per heavy atom. The lowest BCUT2D eigenvalue weighted by Crippen LogP contribution is -2.13. The van der Waals surface area contributed by atoms with Crippen molar-refractivity contribution in [1.29, 1.82) is 5.41 Å². The molecule has 0 aliphatic carbocycles. The molecule has 0 radical (unpaired) electrons. The minimum Gasteiger partial charge on any atom is -0.382 e. The van der Waals surface area contributed by atoms with Crippen LogP contribution in [0.2, 0.25) is 5.02 Å². The number of hydrogen-bond acceptors (Lipinski definition) is 4. The maximum Gasteiger partial charge on any atom is 0.141 e. The van der Waals surface area contributed by atoms with Crippen molar-refractivity contribution in [3.63, 3.8) is 0 Å². The third kappa shape index (κ3) is 2.00. The van der Waals surface area contributed by atoms with Gasteiger partial charge in [-0.15, -0.1) is 0 Å². The summed E-state index contributed by atoms with van der Waals surface area (Å²) >= 11 is 6.29. The van der Waals surface area contributed by atoms with Crippen LogP contribution >= 0.6 is 11.6 Å². The molecule has 0 spiro atoms. The summed E-state index contributed by atoms with van der Waals surface area (Å²) in [5.41, 5.74) is 8.19. The average Bonchev–Trinajstić information content (AvgIpc) is 2.81. The van der Waals surface area contributed by atoms with Crippen molar-refractivity contribution < 1.29 is 0 Å². The van der Waals surface area contributed by atoms with Gasteiger partial charge in [-0.25, -0.2) is 9.97 Å². The number of nitrogen functional groups attached to an aromatic ring is 1. The number of nitrogens with two attached hydrogens (primary N) is 1. The largest absolute Gasteiger partial charge is 0.382 e. The molecule has 0 amide bonds. The lowest BCUT2D eigenvalue weighted by molar-refractivity contribution is 0.797. The van der Waals surface area contributed by atoms with Gasteiger partial charge in [0.1, 0.15) is 17.9 Å². The minimum absolute atomic E-state index is 0.0952. The molecule has 3 aromatic rings. The Labute approximate surface area is 119 Å². The van der Waals surface area contributed by atoms with Gasteiger partial charge in [0.15, 0.2) is 0 Å². The van der Waals surface area contributed by atoms with Crippen molar-refractivity contribution in [1.82, 2.24) is 19.7 Å². The van der Waals surface area contributed by atoms with Gasteiger partial charge in [0.25, 0.3) is 0 Å². The summed E-state index contributed by atoms with van der Waals surface area (Å²) in [7, 11) is 1.84. The number of aryl methyl sites for hydroxylation is 1. The first-order chi connectivity index (χ1) is 9.56. The predicted molar refractivity (Wildman–Crippen MR) is 77.8 cm³/mol. The molecule has 7 heteroatoms. The highest BCUT2D eigenvalue weighted by Crippen LogP contribution is 2.29. The third-order valence-electron chi connectivity index (χ3n) is 3.03. The van der Waals surface area contributed by atoms with E-state index in [0.29, 0.717) is 16.4 Å². The zero-order valence-electron chi connectivity index (χ0n) is 10.6. The van der Waals surface area contributed by atoms with E-state index in [0.717, 1.165) is 16.5 Å². The van der Waals surface area contributed by atoms with E-state index >= 15 is 0 Å². The monoisotopic (exact) mass is 286 g/mol. The Hall–Kier alpha value is -2.47. The van der Waals surface area contributed by atoms with Crippen LogP contribution in [0, 0.1) is 5.41 Å². The maximum atomic E-state index is 7.42. The first kappa shape index (κ1) is 12.6. The molecule has 0 atom stereocenters. The fourth-order valence-electron chi connectivity index (χ4n) is 2.08. The summed E-state index contributed by atoms with van der Waals surface area (Å²) in [6, 6.07) is 5.43. The molecule has 2 heterocycles. The molecular formula is C13H11ClN6. The number of aromatic nitrogens is 4. The highest BCUT2D eigenvalue weighted by Gasteiger charge is 2.10. The Morgan fingerprint density at radius 3 is 2.85 bits per heavy atom. The summed E-state index contributed by atoms with van der Waals surface area (Å²) in [6.45, 7) is 0. The van der Waals surface area contributed by atoms with E-state index in [1.165, 1.54) is 6.33 Å². The lowest BCUT2D eigenvalue weighted by atomic mass is 10.1. The van der Waals surface area contributed by atoms with Gasteiger partial charge in [0.2, 0.25) is 0 Å². The van der Waals surface area contributed by atoms with Crippen LogP contribution in [-0.2, 0) is 7.05 Å². The van der Waals surface area contributed by atoms with E-state index in [4.69, 9.17) is 22.7 Å². The number of nitrogens with one attached hydrogen (secondary N) is 1. The third-order valence-corrected chi connectivity index (χ3v) is 3.31. The fraction of sp³-hybridized carbons (Fsp3) is 0.0769. The van der Waals surface area contributed by atoms with Gasteiger partial charge >= 0.3 is 0 Å². The zero-order chi connectivity index (χ0) is 14.3. The maximum absolute atomic E-state index is 7.42. The van der Waals surface area contributed by atoms with Gasteiger partial charge in [0, 0.05) is 18.0 Å². The second kappa shape index (κ2) is 4.57. The summed E-state index contributed by atoms with van der Waals surface area (Å²) in [5, 5.41) is 13.1. The molecule has 0 fully saturated rings. The molecule has 0 bridgehead atoms. The average molecular weight is 287 g/mol. The van der Waals surface area contributed by atoms with Gasteiger partial charge in [-0.1, -0.05) is 11.6 Å². The van der Waals surface area contributed by atoms with Crippen LogP contribution in [0.5, 0.6) is 0 Å². The first-order valence-electron chi connectivity index (χ1n) is 5.84. The van der Waals surface area contributed by atoms with E-state index in [-0.39, 0.29) is 5.84 Å². The van der Waals surface area contributed by atoms with Crippen molar-refractivity contribution in [3.05, 3.63) is 41.4 Å². The van der Waals surface area contributed by atoms with E-state index in [1.807, 2.05) is 19.2 Å². The summed E-state index contributed by atoms with van der Waals surface area (Å²) in [5.74, 6) is -0.0952. The van der Waals surface area contributed by atoms with E-state index in [2.05, 4.69) is 15.1 Å². The highest BCUT2D eigenvalue weighted by atomic mass is 35.5. The second-order valence-corrected chi connectivity index (χ2v) is 4.77. The number of fused-ring (bicyclic) bond motifs is 1. The standard InChI is InChI=1S/C13H11ClN6/c1-20-12-8(5-19-20)2-7(3-9(12)14)10-4-11(13(15)16)18-6-17-10/h2-6H,1H3,(H3,15,16). The molecule has 3 N–H and O–H groups in total. The van der Waals surface area contributed by atoms with Crippen LogP contribution in [0.4, 0.5) is 0 Å². The smallest absolute Gasteiger partial charge is 0.141 e. The Morgan fingerprint density at radius 2 is 2.10 bits per heavy atom. The van der Waals surface area contributed by atoms with E-state index in [1.54, 1.807) is 16.9 Å². The summed E-state index contributed by atoms with van der Waals surface area (Å²) in [4.78, 5) is 8.14. The van der Waals surface area contributed by atoms with Gasteiger partial charge < -0.3 is 5.73 Å². The SMILES string of the molecule is Cn1ncc2cc(-c3cc(C(=N)N)ncn3)cc(Cl)c21. The molecule has 0 unspecified atom stereocenters. The van der Waals surface area contributed by atoms with Gasteiger partial charge in [-0.2, -0.15) is 5.10 Å². The first-order valence-corrected chi connectivity index (χ1v) is 6.22. The quantitative estimate of drug-likeness (QED) is 0.556. The lowest BCUT2D eigenvalue weighted by Gasteiger charge is -2.05. The molecule has 3 rings (SSSR count). The van der Waals surface area contributed by atoms with Gasteiger partial charge in [0.05, 0.1) is 22.4 Å². The van der Waals surface area contributed by atoms with Crippen LogP contribution in [0.25, 0.3) is 22.2 Å². The van der Waals surface area contributed by atoms with Crippen LogP contribution in [-0.4, -0.2) is 25.6 Å². The predicted octanol–water partition coefficient (Wildman–Crippen LogP) is 1.97. The van der Waals surface area contributed by atoms with Crippen molar-refractivity contribution in [3.8, 4) is 11.3 Å². The normalized spacial score (nSPS) is 10.9. The topological polar surface area (TPSA) is 93.5 Å². The Kier molecular flexibility index (Phi) is 2.87. The minimum atomic E-state index is -0.0952. The molecular weight excluding hydrogens is 276 g/mol. The molecule has 0 saturated carbocycles. The van der Waals surface area contributed by atoms with Crippen molar-refractivity contribution in [2.24, 2.45) is 12.8 Å². The van der Waals surface area contributed by atoms with Crippen LogP contribution in [0.1, 0.15) is 5.69 Å².